The highest BCUT2D eigenvalue weighted by Gasteiger charge is 2.13. The fraction of sp³-hybridized carbons (Fsp3) is 0.312. The Hall–Kier alpha value is -2.28. The lowest BCUT2D eigenvalue weighted by Gasteiger charge is -2.09. The Morgan fingerprint density at radius 1 is 1.39 bits per heavy atom. The minimum atomic E-state index is 0.0131. The molecule has 0 aliphatic carbocycles. The molecule has 0 radical (unpaired) electrons. The number of imidazole rings is 1. The van der Waals surface area contributed by atoms with Crippen molar-refractivity contribution in [1.82, 2.24) is 25.1 Å². The van der Waals surface area contributed by atoms with Gasteiger partial charge in [-0.25, -0.2) is 4.98 Å². The highest BCUT2D eigenvalue weighted by atomic mass is 32.2. The van der Waals surface area contributed by atoms with Gasteiger partial charge in [-0.3, -0.25) is 9.48 Å². The molecule has 0 aliphatic rings. The third-order valence-electron chi connectivity index (χ3n) is 3.65. The van der Waals surface area contributed by atoms with E-state index in [-0.39, 0.29) is 11.2 Å². The van der Waals surface area contributed by atoms with Crippen LogP contribution in [0.15, 0.2) is 36.5 Å². The highest BCUT2D eigenvalue weighted by molar-refractivity contribution is 8.00. The molecule has 1 amide bonds. The number of H-pyrrole nitrogens is 1. The van der Waals surface area contributed by atoms with Crippen molar-refractivity contribution in [2.45, 2.75) is 18.7 Å². The van der Waals surface area contributed by atoms with Crippen LogP contribution in [0.25, 0.3) is 11.0 Å². The number of aromatic nitrogens is 4. The van der Waals surface area contributed by atoms with Crippen LogP contribution >= 0.6 is 11.8 Å². The maximum Gasteiger partial charge on any atom is 0.230 e. The molecular formula is C16H19N5OS. The summed E-state index contributed by atoms with van der Waals surface area (Å²) < 4.78 is 1.75. The third kappa shape index (κ3) is 3.73. The van der Waals surface area contributed by atoms with Crippen molar-refractivity contribution >= 4 is 28.7 Å². The van der Waals surface area contributed by atoms with Crippen molar-refractivity contribution in [3.63, 3.8) is 0 Å². The van der Waals surface area contributed by atoms with E-state index >= 15 is 0 Å². The van der Waals surface area contributed by atoms with Crippen LogP contribution in [0.5, 0.6) is 0 Å². The minimum absolute atomic E-state index is 0.0131. The first-order valence-electron chi connectivity index (χ1n) is 7.43. The van der Waals surface area contributed by atoms with Crippen molar-refractivity contribution in [2.24, 2.45) is 7.05 Å². The first kappa shape index (κ1) is 15.6. The quantitative estimate of drug-likeness (QED) is 0.728. The van der Waals surface area contributed by atoms with Gasteiger partial charge in [0.25, 0.3) is 0 Å². The number of nitrogens with one attached hydrogen (secondary N) is 2. The van der Waals surface area contributed by atoms with Crippen molar-refractivity contribution in [3.05, 3.63) is 48.0 Å². The van der Waals surface area contributed by atoms with Gasteiger partial charge in [0.1, 0.15) is 5.82 Å². The number of nitrogens with zero attached hydrogens (tertiary/aromatic N) is 3. The van der Waals surface area contributed by atoms with Crippen LogP contribution < -0.4 is 5.32 Å². The number of benzene rings is 1. The van der Waals surface area contributed by atoms with Crippen LogP contribution in [0.1, 0.15) is 23.7 Å². The molecule has 0 bridgehead atoms. The van der Waals surface area contributed by atoms with E-state index in [1.165, 1.54) is 0 Å². The number of para-hydroxylation sites is 2. The van der Waals surface area contributed by atoms with Crippen LogP contribution in [-0.4, -0.2) is 31.4 Å². The van der Waals surface area contributed by atoms with Gasteiger partial charge in [0.15, 0.2) is 0 Å². The molecule has 0 fully saturated rings. The molecule has 2 heterocycles. The van der Waals surface area contributed by atoms with Gasteiger partial charge in [0, 0.05) is 13.2 Å². The van der Waals surface area contributed by atoms with Gasteiger partial charge < -0.3 is 10.3 Å². The number of carbonyl (C=O) groups excluding carboxylic acids is 1. The predicted molar refractivity (Wildman–Crippen MR) is 92.0 cm³/mol. The predicted octanol–water partition coefficient (Wildman–Crippen LogP) is 2.41. The van der Waals surface area contributed by atoms with E-state index in [2.05, 4.69) is 27.3 Å². The average molecular weight is 329 g/mol. The molecular weight excluding hydrogens is 310 g/mol. The standard InChI is InChI=1S/C16H19N5OS/c1-11(16-19-13-5-3-4-6-14(13)20-16)23-10-15(22)17-9-12-7-8-18-21(12)2/h3-8,11H,9-10H2,1-2H3,(H,17,22)(H,19,20)/t11-/m0/s1. The summed E-state index contributed by atoms with van der Waals surface area (Å²) in [6.07, 6.45) is 1.72. The van der Waals surface area contributed by atoms with Crippen molar-refractivity contribution < 1.29 is 4.79 Å². The Labute approximate surface area is 138 Å². The molecule has 0 saturated carbocycles. The molecule has 6 nitrogen and oxygen atoms in total. The van der Waals surface area contributed by atoms with Gasteiger partial charge in [-0.05, 0) is 25.1 Å². The maximum atomic E-state index is 12.0. The fourth-order valence-electron chi connectivity index (χ4n) is 2.26. The highest BCUT2D eigenvalue weighted by Crippen LogP contribution is 2.27. The van der Waals surface area contributed by atoms with Crippen LogP contribution in [0, 0.1) is 0 Å². The van der Waals surface area contributed by atoms with E-state index in [1.807, 2.05) is 37.4 Å². The molecule has 2 aromatic heterocycles. The second-order valence-electron chi connectivity index (χ2n) is 5.32. The molecule has 23 heavy (non-hydrogen) atoms. The zero-order chi connectivity index (χ0) is 16.2. The summed E-state index contributed by atoms with van der Waals surface area (Å²) in [5.74, 6) is 1.31. The smallest absolute Gasteiger partial charge is 0.230 e. The zero-order valence-corrected chi connectivity index (χ0v) is 13.9. The molecule has 0 spiro atoms. The minimum Gasteiger partial charge on any atom is -0.350 e. The Bertz CT molecular complexity index is 777. The van der Waals surface area contributed by atoms with E-state index in [1.54, 1.807) is 22.6 Å². The number of fused-ring (bicyclic) bond motifs is 1. The molecule has 3 rings (SSSR count). The Kier molecular flexibility index (Phi) is 4.66. The SMILES string of the molecule is C[C@H](SCC(=O)NCc1ccnn1C)c1nc2ccccc2[nH]1. The van der Waals surface area contributed by atoms with E-state index in [0.29, 0.717) is 12.3 Å². The van der Waals surface area contributed by atoms with Gasteiger partial charge in [-0.15, -0.1) is 11.8 Å². The largest absolute Gasteiger partial charge is 0.350 e. The van der Waals surface area contributed by atoms with E-state index < -0.39 is 0 Å². The first-order valence-corrected chi connectivity index (χ1v) is 8.48. The van der Waals surface area contributed by atoms with Crippen molar-refractivity contribution in [3.8, 4) is 0 Å². The van der Waals surface area contributed by atoms with Crippen LogP contribution in [0.3, 0.4) is 0 Å². The third-order valence-corrected chi connectivity index (χ3v) is 4.80. The summed E-state index contributed by atoms with van der Waals surface area (Å²) in [7, 11) is 1.86. The molecule has 0 aliphatic heterocycles. The molecule has 7 heteroatoms. The second-order valence-corrected chi connectivity index (χ2v) is 6.64. The Morgan fingerprint density at radius 2 is 2.22 bits per heavy atom. The summed E-state index contributed by atoms with van der Waals surface area (Å²) >= 11 is 1.57. The zero-order valence-electron chi connectivity index (χ0n) is 13.1. The van der Waals surface area contributed by atoms with Crippen LogP contribution in [0.4, 0.5) is 0 Å². The number of hydrogen-bond donors (Lipinski definition) is 2. The number of hydrogen-bond acceptors (Lipinski definition) is 4. The Balaban J connectivity index is 1.51. The lowest BCUT2D eigenvalue weighted by molar-refractivity contribution is -0.118. The number of carbonyl (C=O) groups is 1. The van der Waals surface area contributed by atoms with Gasteiger partial charge in [0.05, 0.1) is 34.3 Å². The van der Waals surface area contributed by atoms with E-state index in [0.717, 1.165) is 22.6 Å². The number of thioether (sulfide) groups is 1. The second kappa shape index (κ2) is 6.87. The number of aromatic amines is 1. The lowest BCUT2D eigenvalue weighted by atomic mass is 10.3. The number of rotatable bonds is 6. The van der Waals surface area contributed by atoms with Gasteiger partial charge in [-0.2, -0.15) is 5.10 Å². The molecule has 1 atom stereocenters. The first-order chi connectivity index (χ1) is 11.1. The van der Waals surface area contributed by atoms with Gasteiger partial charge in [0.2, 0.25) is 5.91 Å². The maximum absolute atomic E-state index is 12.0. The molecule has 120 valence electrons. The summed E-state index contributed by atoms with van der Waals surface area (Å²) in [5, 5.41) is 7.11. The van der Waals surface area contributed by atoms with Crippen molar-refractivity contribution in [2.75, 3.05) is 5.75 Å². The van der Waals surface area contributed by atoms with Crippen LogP contribution in [-0.2, 0) is 18.4 Å². The summed E-state index contributed by atoms with van der Waals surface area (Å²) in [6.45, 7) is 2.55. The summed E-state index contributed by atoms with van der Waals surface area (Å²) in [4.78, 5) is 19.8. The molecule has 0 unspecified atom stereocenters. The molecule has 0 saturated heterocycles. The van der Waals surface area contributed by atoms with Gasteiger partial charge >= 0.3 is 0 Å². The average Bonchev–Trinajstić information content (AvgIpc) is 3.16. The fourth-order valence-corrected chi connectivity index (χ4v) is 3.03. The van der Waals surface area contributed by atoms with Crippen LogP contribution in [0.2, 0.25) is 0 Å². The number of aryl methyl sites for hydroxylation is 1. The van der Waals surface area contributed by atoms with Crippen molar-refractivity contribution in [1.29, 1.82) is 0 Å². The lowest BCUT2D eigenvalue weighted by Crippen LogP contribution is -2.26. The summed E-state index contributed by atoms with van der Waals surface area (Å²) in [5.41, 5.74) is 2.96. The molecule has 3 aromatic rings. The number of amides is 1. The monoisotopic (exact) mass is 329 g/mol. The summed E-state index contributed by atoms with van der Waals surface area (Å²) in [6, 6.07) is 9.83. The molecule has 1 aromatic carbocycles. The van der Waals surface area contributed by atoms with E-state index in [4.69, 9.17) is 0 Å². The Morgan fingerprint density at radius 3 is 2.96 bits per heavy atom. The topological polar surface area (TPSA) is 75.6 Å². The van der Waals surface area contributed by atoms with E-state index in [9.17, 15) is 4.79 Å². The van der Waals surface area contributed by atoms with Gasteiger partial charge in [-0.1, -0.05) is 12.1 Å². The normalized spacial score (nSPS) is 12.4. The molecule has 2 N–H and O–H groups in total.